The van der Waals surface area contributed by atoms with Crippen molar-refractivity contribution in [2.45, 2.75) is 31.3 Å². The molecule has 0 amide bonds. The third-order valence-corrected chi connectivity index (χ3v) is 4.18. The van der Waals surface area contributed by atoms with Crippen LogP contribution in [0.3, 0.4) is 0 Å². The lowest BCUT2D eigenvalue weighted by atomic mass is 9.92. The number of piperidine rings is 1. The van der Waals surface area contributed by atoms with Crippen LogP contribution in [0.5, 0.6) is 0 Å². The smallest absolute Gasteiger partial charge is 0.0450 e. The van der Waals surface area contributed by atoms with Crippen molar-refractivity contribution >= 4 is 0 Å². The summed E-state index contributed by atoms with van der Waals surface area (Å²) in [4.78, 5) is 0. The highest BCUT2D eigenvalue weighted by Crippen LogP contribution is 2.24. The number of nitrogens with two attached hydrogens (primary N) is 1. The lowest BCUT2D eigenvalue weighted by Gasteiger charge is -2.29. The summed E-state index contributed by atoms with van der Waals surface area (Å²) >= 11 is 0. The molecular formula is C18H22N2. The maximum absolute atomic E-state index is 6.40. The molecule has 0 spiro atoms. The van der Waals surface area contributed by atoms with Crippen molar-refractivity contribution in [2.75, 3.05) is 6.54 Å². The second-order valence-corrected chi connectivity index (χ2v) is 5.57. The minimum atomic E-state index is 0.0973. The summed E-state index contributed by atoms with van der Waals surface area (Å²) < 4.78 is 0. The maximum atomic E-state index is 6.40. The molecule has 2 aromatic carbocycles. The van der Waals surface area contributed by atoms with E-state index in [1.165, 1.54) is 36.0 Å². The van der Waals surface area contributed by atoms with Gasteiger partial charge in [-0.05, 0) is 36.1 Å². The molecule has 1 fully saturated rings. The molecule has 0 aliphatic carbocycles. The summed E-state index contributed by atoms with van der Waals surface area (Å²) in [5, 5.41) is 3.54. The van der Waals surface area contributed by atoms with Crippen molar-refractivity contribution in [1.29, 1.82) is 0 Å². The van der Waals surface area contributed by atoms with Gasteiger partial charge in [-0.3, -0.25) is 0 Å². The van der Waals surface area contributed by atoms with Crippen LogP contribution in [0, 0.1) is 0 Å². The van der Waals surface area contributed by atoms with E-state index in [1.54, 1.807) is 0 Å². The Hall–Kier alpha value is -1.64. The molecule has 2 atom stereocenters. The molecule has 3 rings (SSSR count). The van der Waals surface area contributed by atoms with Crippen molar-refractivity contribution in [3.05, 3.63) is 60.2 Å². The van der Waals surface area contributed by atoms with Gasteiger partial charge in [0.1, 0.15) is 0 Å². The third kappa shape index (κ3) is 2.92. The van der Waals surface area contributed by atoms with Crippen molar-refractivity contribution in [3.63, 3.8) is 0 Å². The number of hydrogen-bond donors (Lipinski definition) is 2. The maximum Gasteiger partial charge on any atom is 0.0450 e. The van der Waals surface area contributed by atoms with Crippen LogP contribution in [0.4, 0.5) is 0 Å². The zero-order chi connectivity index (χ0) is 13.8. The Labute approximate surface area is 121 Å². The van der Waals surface area contributed by atoms with E-state index in [0.29, 0.717) is 6.04 Å². The molecule has 2 nitrogen and oxygen atoms in total. The highest BCUT2D eigenvalue weighted by molar-refractivity contribution is 5.63. The van der Waals surface area contributed by atoms with Gasteiger partial charge in [0.2, 0.25) is 0 Å². The molecule has 2 aromatic rings. The first-order valence-electron chi connectivity index (χ1n) is 7.49. The number of benzene rings is 2. The fraction of sp³-hybridized carbons (Fsp3) is 0.333. The average molecular weight is 266 g/mol. The topological polar surface area (TPSA) is 38.0 Å². The summed E-state index contributed by atoms with van der Waals surface area (Å²) in [7, 11) is 0. The zero-order valence-corrected chi connectivity index (χ0v) is 11.8. The normalized spacial score (nSPS) is 20.6. The lowest BCUT2D eigenvalue weighted by Crippen LogP contribution is -2.42. The van der Waals surface area contributed by atoms with Crippen LogP contribution < -0.4 is 11.1 Å². The molecule has 1 aliphatic heterocycles. The molecule has 3 N–H and O–H groups in total. The summed E-state index contributed by atoms with van der Waals surface area (Å²) in [6, 6.07) is 19.7. The van der Waals surface area contributed by atoms with Gasteiger partial charge in [0, 0.05) is 12.1 Å². The van der Waals surface area contributed by atoms with Crippen molar-refractivity contribution in [3.8, 4) is 11.1 Å². The lowest BCUT2D eigenvalue weighted by molar-refractivity contribution is 0.354. The first-order valence-corrected chi connectivity index (χ1v) is 7.49. The van der Waals surface area contributed by atoms with Crippen molar-refractivity contribution in [2.24, 2.45) is 5.73 Å². The molecule has 104 valence electrons. The van der Waals surface area contributed by atoms with Gasteiger partial charge >= 0.3 is 0 Å². The first-order chi connectivity index (χ1) is 9.84. The minimum absolute atomic E-state index is 0.0973. The number of rotatable bonds is 3. The Bertz CT molecular complexity index is 527. The fourth-order valence-electron chi connectivity index (χ4n) is 2.95. The van der Waals surface area contributed by atoms with Gasteiger partial charge in [-0.1, -0.05) is 61.0 Å². The summed E-state index contributed by atoms with van der Waals surface area (Å²) in [6.45, 7) is 1.10. The largest absolute Gasteiger partial charge is 0.323 e. The summed E-state index contributed by atoms with van der Waals surface area (Å²) in [5.74, 6) is 0. The van der Waals surface area contributed by atoms with Gasteiger partial charge in [-0.15, -0.1) is 0 Å². The molecule has 1 heterocycles. The van der Waals surface area contributed by atoms with Gasteiger partial charge in [-0.2, -0.15) is 0 Å². The number of nitrogens with one attached hydrogen (secondary N) is 1. The Kier molecular flexibility index (Phi) is 4.14. The number of hydrogen-bond acceptors (Lipinski definition) is 2. The Morgan fingerprint density at radius 1 is 0.900 bits per heavy atom. The second-order valence-electron chi connectivity index (χ2n) is 5.57. The summed E-state index contributed by atoms with van der Waals surface area (Å²) in [5.41, 5.74) is 10.1. The molecule has 20 heavy (non-hydrogen) atoms. The molecule has 0 saturated carbocycles. The monoisotopic (exact) mass is 266 g/mol. The van der Waals surface area contributed by atoms with E-state index in [1.807, 2.05) is 6.07 Å². The van der Waals surface area contributed by atoms with E-state index < -0.39 is 0 Å². The molecule has 0 bridgehead atoms. The van der Waals surface area contributed by atoms with Gasteiger partial charge in [0.15, 0.2) is 0 Å². The van der Waals surface area contributed by atoms with Gasteiger partial charge in [0.05, 0.1) is 0 Å². The minimum Gasteiger partial charge on any atom is -0.323 e. The van der Waals surface area contributed by atoms with E-state index in [9.17, 15) is 0 Å². The molecule has 1 aliphatic rings. The van der Waals surface area contributed by atoms with Gasteiger partial charge < -0.3 is 11.1 Å². The van der Waals surface area contributed by atoms with Gasteiger partial charge in [0.25, 0.3) is 0 Å². The Balaban J connectivity index is 1.75. The Morgan fingerprint density at radius 3 is 2.25 bits per heavy atom. The molecule has 1 saturated heterocycles. The fourth-order valence-corrected chi connectivity index (χ4v) is 2.95. The first kappa shape index (κ1) is 13.3. The van der Waals surface area contributed by atoms with Crippen LogP contribution in [-0.4, -0.2) is 12.6 Å². The van der Waals surface area contributed by atoms with Crippen LogP contribution in [0.15, 0.2) is 54.6 Å². The van der Waals surface area contributed by atoms with Gasteiger partial charge in [-0.25, -0.2) is 0 Å². The highest BCUT2D eigenvalue weighted by atomic mass is 15.0. The second kappa shape index (κ2) is 6.21. The Morgan fingerprint density at radius 2 is 1.60 bits per heavy atom. The van der Waals surface area contributed by atoms with Crippen LogP contribution >= 0.6 is 0 Å². The van der Waals surface area contributed by atoms with Crippen LogP contribution in [-0.2, 0) is 0 Å². The standard InChI is InChI=1S/C18H22N2/c19-18(17-8-4-5-13-20-17)16-11-9-15(10-12-16)14-6-2-1-3-7-14/h1-3,6-7,9-12,17-18,20H,4-5,8,13,19H2. The molecule has 0 radical (unpaired) electrons. The SMILES string of the molecule is NC(c1ccc(-c2ccccc2)cc1)C1CCCCN1. The van der Waals surface area contributed by atoms with Crippen LogP contribution in [0.1, 0.15) is 30.9 Å². The van der Waals surface area contributed by atoms with Crippen molar-refractivity contribution in [1.82, 2.24) is 5.32 Å². The average Bonchev–Trinajstić information content (AvgIpc) is 2.56. The van der Waals surface area contributed by atoms with Crippen LogP contribution in [0.25, 0.3) is 11.1 Å². The zero-order valence-electron chi connectivity index (χ0n) is 11.8. The quantitative estimate of drug-likeness (QED) is 0.892. The van der Waals surface area contributed by atoms with E-state index in [4.69, 9.17) is 5.73 Å². The molecule has 2 heteroatoms. The predicted octanol–water partition coefficient (Wildman–Crippen LogP) is 3.50. The molecule has 2 unspecified atom stereocenters. The predicted molar refractivity (Wildman–Crippen MR) is 84.4 cm³/mol. The molecular weight excluding hydrogens is 244 g/mol. The molecule has 0 aromatic heterocycles. The van der Waals surface area contributed by atoms with Crippen LogP contribution in [0.2, 0.25) is 0 Å². The highest BCUT2D eigenvalue weighted by Gasteiger charge is 2.21. The van der Waals surface area contributed by atoms with E-state index in [2.05, 4.69) is 53.8 Å². The van der Waals surface area contributed by atoms with Crippen molar-refractivity contribution < 1.29 is 0 Å². The van der Waals surface area contributed by atoms with E-state index in [0.717, 1.165) is 6.54 Å². The van der Waals surface area contributed by atoms with E-state index in [-0.39, 0.29) is 6.04 Å². The summed E-state index contributed by atoms with van der Waals surface area (Å²) in [6.07, 6.45) is 3.74. The van der Waals surface area contributed by atoms with E-state index >= 15 is 0 Å². The third-order valence-electron chi connectivity index (χ3n) is 4.18.